The zero-order chi connectivity index (χ0) is 16.2. The zero-order valence-electron chi connectivity index (χ0n) is 12.9. The van der Waals surface area contributed by atoms with Gasteiger partial charge in [0, 0.05) is 31.7 Å². The van der Waals surface area contributed by atoms with Gasteiger partial charge in [0.25, 0.3) is 5.91 Å². The first-order valence-electron chi connectivity index (χ1n) is 7.66. The fourth-order valence-corrected chi connectivity index (χ4v) is 2.95. The van der Waals surface area contributed by atoms with Gasteiger partial charge in [0.05, 0.1) is 11.5 Å². The molecule has 2 N–H and O–H groups in total. The summed E-state index contributed by atoms with van der Waals surface area (Å²) in [6.45, 7) is 0. The van der Waals surface area contributed by atoms with Crippen molar-refractivity contribution in [2.75, 3.05) is 7.05 Å². The van der Waals surface area contributed by atoms with Crippen LogP contribution in [0.25, 0.3) is 5.82 Å². The summed E-state index contributed by atoms with van der Waals surface area (Å²) in [5.41, 5.74) is 0.483. The molecule has 2 heterocycles. The van der Waals surface area contributed by atoms with Gasteiger partial charge in [0.2, 0.25) is 5.91 Å². The van der Waals surface area contributed by atoms with Crippen LogP contribution in [-0.2, 0) is 4.79 Å². The van der Waals surface area contributed by atoms with Crippen molar-refractivity contribution in [3.05, 3.63) is 42.6 Å². The summed E-state index contributed by atoms with van der Waals surface area (Å²) in [4.78, 5) is 32.4. The molecule has 0 radical (unpaired) electrons. The predicted molar refractivity (Wildman–Crippen MR) is 84.0 cm³/mol. The molecule has 0 bridgehead atoms. The Labute approximate surface area is 134 Å². The number of imidazole rings is 1. The van der Waals surface area contributed by atoms with E-state index in [0.29, 0.717) is 11.4 Å². The van der Waals surface area contributed by atoms with Crippen molar-refractivity contribution in [2.24, 2.45) is 5.92 Å². The number of hydrogen-bond acceptors (Lipinski definition) is 4. The van der Waals surface area contributed by atoms with E-state index in [4.69, 9.17) is 0 Å². The molecule has 0 saturated heterocycles. The Morgan fingerprint density at radius 1 is 1.30 bits per heavy atom. The molecule has 120 valence electrons. The van der Waals surface area contributed by atoms with Crippen molar-refractivity contribution in [2.45, 2.75) is 25.3 Å². The maximum Gasteiger partial charge on any atom is 0.253 e. The first kappa shape index (κ1) is 15.2. The van der Waals surface area contributed by atoms with Gasteiger partial charge in [0.15, 0.2) is 0 Å². The molecule has 0 aliphatic heterocycles. The minimum atomic E-state index is -0.199. The number of hydrogen-bond donors (Lipinski definition) is 2. The monoisotopic (exact) mass is 313 g/mol. The number of rotatable bonds is 4. The molecule has 2 aromatic heterocycles. The van der Waals surface area contributed by atoms with Crippen LogP contribution in [0, 0.1) is 5.92 Å². The normalized spacial score (nSPS) is 20.2. The third kappa shape index (κ3) is 3.23. The molecule has 3 rings (SSSR count). The van der Waals surface area contributed by atoms with E-state index < -0.39 is 0 Å². The van der Waals surface area contributed by atoms with E-state index in [2.05, 4.69) is 20.6 Å². The Balaban J connectivity index is 1.67. The van der Waals surface area contributed by atoms with Crippen LogP contribution in [0.4, 0.5) is 0 Å². The standard InChI is InChI=1S/C16H19N5O2/c1-17-16(23)12-3-2-4-13(12)20-15(22)11-5-6-14(19-9-11)21-8-7-18-10-21/h5-10,12-13H,2-4H2,1H3,(H,17,23)(H,20,22)/t12-,13-/m1/s1. The molecule has 1 aliphatic rings. The van der Waals surface area contributed by atoms with Gasteiger partial charge in [-0.05, 0) is 25.0 Å². The summed E-state index contributed by atoms with van der Waals surface area (Å²) < 4.78 is 1.76. The lowest BCUT2D eigenvalue weighted by atomic mass is 10.0. The fourth-order valence-electron chi connectivity index (χ4n) is 2.95. The first-order chi connectivity index (χ1) is 11.2. The number of carbonyl (C=O) groups is 2. The second-order valence-corrected chi connectivity index (χ2v) is 5.61. The Bertz CT molecular complexity index is 681. The molecule has 7 heteroatoms. The van der Waals surface area contributed by atoms with E-state index >= 15 is 0 Å². The van der Waals surface area contributed by atoms with Gasteiger partial charge in [-0.25, -0.2) is 9.97 Å². The van der Waals surface area contributed by atoms with Crippen LogP contribution < -0.4 is 10.6 Å². The van der Waals surface area contributed by atoms with Crippen LogP contribution in [0.15, 0.2) is 37.1 Å². The molecule has 2 amide bonds. The molecular formula is C16H19N5O2. The highest BCUT2D eigenvalue weighted by atomic mass is 16.2. The van der Waals surface area contributed by atoms with Crippen molar-refractivity contribution < 1.29 is 9.59 Å². The van der Waals surface area contributed by atoms with E-state index in [1.165, 1.54) is 6.20 Å². The molecule has 1 saturated carbocycles. The molecule has 2 atom stereocenters. The Morgan fingerprint density at radius 3 is 2.83 bits per heavy atom. The third-order valence-electron chi connectivity index (χ3n) is 4.19. The van der Waals surface area contributed by atoms with E-state index in [1.54, 1.807) is 42.5 Å². The summed E-state index contributed by atoms with van der Waals surface area (Å²) >= 11 is 0. The van der Waals surface area contributed by atoms with E-state index in [0.717, 1.165) is 19.3 Å². The summed E-state index contributed by atoms with van der Waals surface area (Å²) in [5, 5.41) is 5.62. The minimum absolute atomic E-state index is 0.0126. The predicted octanol–water partition coefficient (Wildman–Crippen LogP) is 0.912. The fraction of sp³-hybridized carbons (Fsp3) is 0.375. The van der Waals surface area contributed by atoms with Crippen molar-refractivity contribution >= 4 is 11.8 Å². The average Bonchev–Trinajstić information content (AvgIpc) is 3.26. The average molecular weight is 313 g/mol. The molecule has 7 nitrogen and oxygen atoms in total. The molecule has 0 aromatic carbocycles. The van der Waals surface area contributed by atoms with E-state index in [1.807, 2.05) is 0 Å². The van der Waals surface area contributed by atoms with E-state index in [-0.39, 0.29) is 23.8 Å². The lowest BCUT2D eigenvalue weighted by molar-refractivity contribution is -0.124. The van der Waals surface area contributed by atoms with Crippen LogP contribution in [-0.4, -0.2) is 39.4 Å². The van der Waals surface area contributed by atoms with Crippen LogP contribution >= 0.6 is 0 Å². The molecular weight excluding hydrogens is 294 g/mol. The van der Waals surface area contributed by atoms with Gasteiger partial charge >= 0.3 is 0 Å². The highest BCUT2D eigenvalue weighted by Gasteiger charge is 2.33. The SMILES string of the molecule is CNC(=O)[C@@H]1CCC[C@H]1NC(=O)c1ccc(-n2ccnc2)nc1. The lowest BCUT2D eigenvalue weighted by Gasteiger charge is -2.19. The van der Waals surface area contributed by atoms with Crippen LogP contribution in [0.5, 0.6) is 0 Å². The molecule has 0 unspecified atom stereocenters. The second kappa shape index (κ2) is 6.60. The third-order valence-corrected chi connectivity index (χ3v) is 4.19. The number of nitrogens with one attached hydrogen (secondary N) is 2. The second-order valence-electron chi connectivity index (χ2n) is 5.61. The smallest absolute Gasteiger partial charge is 0.253 e. The Hall–Kier alpha value is -2.70. The molecule has 0 spiro atoms. The summed E-state index contributed by atoms with van der Waals surface area (Å²) in [5.74, 6) is 0.335. The number of amides is 2. The topological polar surface area (TPSA) is 88.9 Å². The van der Waals surface area contributed by atoms with Crippen LogP contribution in [0.3, 0.4) is 0 Å². The molecule has 1 aliphatic carbocycles. The summed E-state index contributed by atoms with van der Waals surface area (Å²) in [6, 6.07) is 3.37. The largest absolute Gasteiger partial charge is 0.359 e. The van der Waals surface area contributed by atoms with Gasteiger partial charge in [-0.2, -0.15) is 0 Å². The highest BCUT2D eigenvalue weighted by molar-refractivity contribution is 5.94. The van der Waals surface area contributed by atoms with Crippen molar-refractivity contribution in [3.63, 3.8) is 0 Å². The van der Waals surface area contributed by atoms with Crippen LogP contribution in [0.1, 0.15) is 29.6 Å². The number of carbonyl (C=O) groups excluding carboxylic acids is 2. The highest BCUT2D eigenvalue weighted by Crippen LogP contribution is 2.26. The summed E-state index contributed by atoms with van der Waals surface area (Å²) in [7, 11) is 1.62. The summed E-state index contributed by atoms with van der Waals surface area (Å²) in [6.07, 6.45) is 9.21. The van der Waals surface area contributed by atoms with Crippen molar-refractivity contribution in [1.29, 1.82) is 0 Å². The lowest BCUT2D eigenvalue weighted by Crippen LogP contribution is -2.43. The molecule has 23 heavy (non-hydrogen) atoms. The Kier molecular flexibility index (Phi) is 4.36. The maximum atomic E-state index is 12.4. The van der Waals surface area contributed by atoms with E-state index in [9.17, 15) is 9.59 Å². The number of nitrogens with zero attached hydrogens (tertiary/aromatic N) is 3. The van der Waals surface area contributed by atoms with Gasteiger partial charge in [-0.3, -0.25) is 14.2 Å². The number of aromatic nitrogens is 3. The maximum absolute atomic E-state index is 12.4. The van der Waals surface area contributed by atoms with Gasteiger partial charge in [0.1, 0.15) is 12.1 Å². The van der Waals surface area contributed by atoms with Gasteiger partial charge in [-0.15, -0.1) is 0 Å². The zero-order valence-corrected chi connectivity index (χ0v) is 12.9. The van der Waals surface area contributed by atoms with Crippen molar-refractivity contribution in [3.8, 4) is 5.82 Å². The molecule has 2 aromatic rings. The quantitative estimate of drug-likeness (QED) is 0.878. The minimum Gasteiger partial charge on any atom is -0.359 e. The molecule has 1 fully saturated rings. The van der Waals surface area contributed by atoms with Crippen LogP contribution in [0.2, 0.25) is 0 Å². The number of pyridine rings is 1. The van der Waals surface area contributed by atoms with Gasteiger partial charge < -0.3 is 10.6 Å². The van der Waals surface area contributed by atoms with Crippen molar-refractivity contribution in [1.82, 2.24) is 25.2 Å². The first-order valence-corrected chi connectivity index (χ1v) is 7.66. The Morgan fingerprint density at radius 2 is 2.17 bits per heavy atom. The van der Waals surface area contributed by atoms with Gasteiger partial charge in [-0.1, -0.05) is 6.42 Å².